The van der Waals surface area contributed by atoms with E-state index in [0.717, 1.165) is 58.0 Å². The van der Waals surface area contributed by atoms with E-state index in [9.17, 15) is 5.11 Å². The van der Waals surface area contributed by atoms with Crippen molar-refractivity contribution in [3.05, 3.63) is 17.5 Å². The number of ether oxygens (including phenoxy) is 1. The average Bonchev–Trinajstić information content (AvgIpc) is 3.38. The van der Waals surface area contributed by atoms with Gasteiger partial charge in [-0.3, -0.25) is 0 Å². The first kappa shape index (κ1) is 19.9. The van der Waals surface area contributed by atoms with Crippen molar-refractivity contribution in [2.75, 3.05) is 29.9 Å². The highest BCUT2D eigenvalue weighted by Gasteiger charge is 2.33. The molecule has 160 valence electrons. The summed E-state index contributed by atoms with van der Waals surface area (Å²) in [4.78, 5) is 17.7. The van der Waals surface area contributed by atoms with E-state index in [1.165, 1.54) is 24.0 Å². The minimum atomic E-state index is -0.212. The van der Waals surface area contributed by atoms with Crippen molar-refractivity contribution in [3.63, 3.8) is 0 Å². The molecule has 2 aliphatic heterocycles. The van der Waals surface area contributed by atoms with Crippen LogP contribution in [-0.4, -0.2) is 51.4 Å². The van der Waals surface area contributed by atoms with Crippen molar-refractivity contribution in [3.8, 4) is 0 Å². The molecule has 0 aromatic carbocycles. The van der Waals surface area contributed by atoms with Crippen LogP contribution in [0.5, 0.6) is 0 Å². The van der Waals surface area contributed by atoms with Crippen LogP contribution in [0.1, 0.15) is 51.2 Å². The van der Waals surface area contributed by atoms with E-state index in [1.807, 2.05) is 0 Å². The summed E-state index contributed by atoms with van der Waals surface area (Å²) in [6, 6.07) is -0.0253. The molecule has 3 aromatic heterocycles. The lowest BCUT2D eigenvalue weighted by molar-refractivity contribution is -0.0395. The summed E-state index contributed by atoms with van der Waals surface area (Å²) >= 11 is 1.65. The van der Waals surface area contributed by atoms with E-state index < -0.39 is 0 Å². The number of thiophene rings is 1. The maximum atomic E-state index is 9.64. The molecule has 0 spiro atoms. The number of hydrogen-bond donors (Lipinski definition) is 2. The molecular weight excluding hydrogens is 398 g/mol. The Hall–Kier alpha value is -2.03. The third-order valence-corrected chi connectivity index (χ3v) is 7.35. The first-order chi connectivity index (χ1) is 14.5. The Morgan fingerprint density at radius 3 is 2.80 bits per heavy atom. The molecule has 3 aromatic rings. The number of anilines is 2. The molecule has 5 heterocycles. The lowest BCUT2D eigenvalue weighted by atomic mass is 9.90. The van der Waals surface area contributed by atoms with Crippen molar-refractivity contribution in [2.45, 2.75) is 64.7 Å². The Labute approximate surface area is 180 Å². The third kappa shape index (κ3) is 3.31. The number of rotatable bonds is 5. The first-order valence-corrected chi connectivity index (χ1v) is 11.7. The summed E-state index contributed by atoms with van der Waals surface area (Å²) in [7, 11) is 0. The number of nitrogens with one attached hydrogen (secondary N) is 1. The average molecular weight is 428 g/mol. The van der Waals surface area contributed by atoms with Gasteiger partial charge in [-0.1, -0.05) is 6.92 Å². The van der Waals surface area contributed by atoms with Crippen LogP contribution in [-0.2, 0) is 17.8 Å². The zero-order chi connectivity index (χ0) is 20.9. The van der Waals surface area contributed by atoms with Crippen LogP contribution in [0.15, 0.2) is 6.33 Å². The molecular formula is C22H29N5O2S. The predicted octanol–water partition coefficient (Wildman–Crippen LogP) is 3.87. The normalized spacial score (nSPS) is 19.4. The van der Waals surface area contributed by atoms with Crippen LogP contribution < -0.4 is 10.2 Å². The number of hydrogen-bond acceptors (Lipinski definition) is 8. The molecule has 1 fully saturated rings. The third-order valence-electron chi connectivity index (χ3n) is 6.27. The highest BCUT2D eigenvalue weighted by molar-refractivity contribution is 7.26. The SMILES string of the molecule is CC[C@@H](CO)Nc1ncnc2c1sc1nc(N3CCCC3)c3c(c12)CC(C)(C)OC3. The summed E-state index contributed by atoms with van der Waals surface area (Å²) in [5.74, 6) is 1.87. The van der Waals surface area contributed by atoms with Crippen molar-refractivity contribution in [1.82, 2.24) is 15.0 Å². The van der Waals surface area contributed by atoms with Gasteiger partial charge in [0.25, 0.3) is 0 Å². The minimum absolute atomic E-state index is 0.0253. The molecule has 0 aliphatic carbocycles. The number of aromatic nitrogens is 3. The number of nitrogens with zero attached hydrogens (tertiary/aromatic N) is 4. The van der Waals surface area contributed by atoms with Crippen LogP contribution in [0.25, 0.3) is 20.4 Å². The maximum Gasteiger partial charge on any atom is 0.147 e. The van der Waals surface area contributed by atoms with Crippen molar-refractivity contribution in [1.29, 1.82) is 0 Å². The topological polar surface area (TPSA) is 83.4 Å². The highest BCUT2D eigenvalue weighted by atomic mass is 32.1. The van der Waals surface area contributed by atoms with E-state index >= 15 is 0 Å². The smallest absolute Gasteiger partial charge is 0.147 e. The van der Waals surface area contributed by atoms with Gasteiger partial charge in [0.15, 0.2) is 0 Å². The zero-order valence-corrected chi connectivity index (χ0v) is 18.7. The Morgan fingerprint density at radius 2 is 2.07 bits per heavy atom. The molecule has 0 amide bonds. The van der Waals surface area contributed by atoms with Gasteiger partial charge in [0.2, 0.25) is 0 Å². The van der Waals surface area contributed by atoms with Crippen LogP contribution in [0.2, 0.25) is 0 Å². The molecule has 0 radical (unpaired) electrons. The van der Waals surface area contributed by atoms with E-state index in [0.29, 0.717) is 6.61 Å². The molecule has 0 unspecified atom stereocenters. The van der Waals surface area contributed by atoms with Gasteiger partial charge in [-0.15, -0.1) is 11.3 Å². The standard InChI is InChI=1S/C22H29N5O2S/c1-4-13(10-28)25-19-18-17(23-12-24-19)16-14-9-22(2,3)29-11-15(14)20(26-21(16)30-18)27-7-5-6-8-27/h12-13,28H,4-11H2,1-3H3,(H,23,24,25)/t13-/m0/s1. The molecule has 0 saturated carbocycles. The Bertz CT molecular complexity index is 1090. The second-order valence-electron chi connectivity index (χ2n) is 8.93. The largest absolute Gasteiger partial charge is 0.394 e. The van der Waals surface area contributed by atoms with Crippen molar-refractivity contribution >= 4 is 43.4 Å². The number of aliphatic hydroxyl groups excluding tert-OH is 1. The van der Waals surface area contributed by atoms with E-state index in [2.05, 4.69) is 41.0 Å². The summed E-state index contributed by atoms with van der Waals surface area (Å²) in [6.07, 6.45) is 5.71. The molecule has 8 heteroatoms. The highest BCUT2D eigenvalue weighted by Crippen LogP contribution is 2.44. The van der Waals surface area contributed by atoms with Crippen molar-refractivity contribution in [2.24, 2.45) is 0 Å². The van der Waals surface area contributed by atoms with Gasteiger partial charge < -0.3 is 20.1 Å². The van der Waals surface area contributed by atoms with Crippen LogP contribution in [0.4, 0.5) is 11.6 Å². The van der Waals surface area contributed by atoms with Crippen LogP contribution in [0, 0.1) is 0 Å². The van der Waals surface area contributed by atoms with Crippen molar-refractivity contribution < 1.29 is 9.84 Å². The van der Waals surface area contributed by atoms with Gasteiger partial charge >= 0.3 is 0 Å². The molecule has 2 aliphatic rings. The zero-order valence-electron chi connectivity index (χ0n) is 17.9. The molecule has 1 atom stereocenters. The number of fused-ring (bicyclic) bond motifs is 5. The minimum Gasteiger partial charge on any atom is -0.394 e. The lowest BCUT2D eigenvalue weighted by Crippen LogP contribution is -2.33. The van der Waals surface area contributed by atoms with E-state index in [-0.39, 0.29) is 18.2 Å². The Balaban J connectivity index is 1.74. The Kier molecular flexibility index (Phi) is 5.03. The van der Waals surface area contributed by atoms with Gasteiger partial charge in [0.1, 0.15) is 22.8 Å². The quantitative estimate of drug-likeness (QED) is 0.639. The monoisotopic (exact) mass is 427 g/mol. The second-order valence-corrected chi connectivity index (χ2v) is 9.93. The molecule has 5 rings (SSSR count). The second kappa shape index (κ2) is 7.59. The number of aliphatic hydroxyl groups is 1. The predicted molar refractivity (Wildman–Crippen MR) is 122 cm³/mol. The maximum absolute atomic E-state index is 9.64. The van der Waals surface area contributed by atoms with Gasteiger partial charge in [-0.2, -0.15) is 0 Å². The van der Waals surface area contributed by atoms with Gasteiger partial charge in [0.05, 0.1) is 35.1 Å². The molecule has 0 bridgehead atoms. The fraction of sp³-hybridized carbons (Fsp3) is 0.591. The van der Waals surface area contributed by atoms with Crippen LogP contribution in [0.3, 0.4) is 0 Å². The number of pyridine rings is 1. The summed E-state index contributed by atoms with van der Waals surface area (Å²) in [6.45, 7) is 9.14. The van der Waals surface area contributed by atoms with Gasteiger partial charge in [-0.05, 0) is 38.7 Å². The summed E-state index contributed by atoms with van der Waals surface area (Å²) < 4.78 is 7.21. The van der Waals surface area contributed by atoms with Gasteiger partial charge in [0, 0.05) is 30.5 Å². The molecule has 2 N–H and O–H groups in total. The summed E-state index contributed by atoms with van der Waals surface area (Å²) in [5.41, 5.74) is 3.28. The lowest BCUT2D eigenvalue weighted by Gasteiger charge is -2.34. The molecule has 7 nitrogen and oxygen atoms in total. The van der Waals surface area contributed by atoms with Gasteiger partial charge in [-0.25, -0.2) is 15.0 Å². The summed E-state index contributed by atoms with van der Waals surface area (Å²) in [5, 5.41) is 14.2. The van der Waals surface area contributed by atoms with Crippen LogP contribution >= 0.6 is 11.3 Å². The van der Waals surface area contributed by atoms with E-state index in [1.54, 1.807) is 17.7 Å². The fourth-order valence-electron chi connectivity index (χ4n) is 4.55. The fourth-order valence-corrected chi connectivity index (χ4v) is 5.66. The molecule has 1 saturated heterocycles. The molecule has 30 heavy (non-hydrogen) atoms. The Morgan fingerprint density at radius 1 is 1.27 bits per heavy atom. The van der Waals surface area contributed by atoms with E-state index in [4.69, 9.17) is 9.72 Å². The first-order valence-electron chi connectivity index (χ1n) is 10.9.